The Bertz CT molecular complexity index is 593. The van der Waals surface area contributed by atoms with E-state index in [1.54, 1.807) is 25.2 Å². The van der Waals surface area contributed by atoms with Gasteiger partial charge in [0.1, 0.15) is 0 Å². The van der Waals surface area contributed by atoms with Crippen molar-refractivity contribution in [3.05, 3.63) is 42.0 Å². The smallest absolute Gasteiger partial charge is 0.337 e. The molecule has 1 saturated carbocycles. The highest BCUT2D eigenvalue weighted by molar-refractivity contribution is 6.02. The van der Waals surface area contributed by atoms with Gasteiger partial charge in [-0.25, -0.2) is 4.79 Å². The fourth-order valence-corrected chi connectivity index (χ4v) is 3.38. The number of aromatic carboxylic acids is 1. The van der Waals surface area contributed by atoms with Gasteiger partial charge in [-0.15, -0.1) is 0 Å². The third kappa shape index (κ3) is 2.01. The first kappa shape index (κ1) is 12.9. The number of carboxylic acids is 1. The molecule has 0 aromatic heterocycles. The third-order valence-corrected chi connectivity index (χ3v) is 4.42. The van der Waals surface area contributed by atoms with Crippen molar-refractivity contribution in [2.75, 3.05) is 11.9 Å². The molecule has 104 valence electrons. The van der Waals surface area contributed by atoms with Gasteiger partial charge in [0.2, 0.25) is 5.91 Å². The van der Waals surface area contributed by atoms with Gasteiger partial charge in [0.15, 0.2) is 0 Å². The van der Waals surface area contributed by atoms with Gasteiger partial charge in [-0.2, -0.15) is 0 Å². The average molecular weight is 271 g/mol. The Morgan fingerprint density at radius 2 is 1.95 bits per heavy atom. The number of rotatable bonds is 3. The van der Waals surface area contributed by atoms with E-state index in [9.17, 15) is 14.7 Å². The van der Waals surface area contributed by atoms with Crippen molar-refractivity contribution >= 4 is 17.6 Å². The summed E-state index contributed by atoms with van der Waals surface area (Å²) in [6.45, 7) is 0. The Kier molecular flexibility index (Phi) is 3.08. The summed E-state index contributed by atoms with van der Waals surface area (Å²) in [6, 6.07) is 6.64. The molecule has 3 atom stereocenters. The summed E-state index contributed by atoms with van der Waals surface area (Å²) < 4.78 is 0. The number of para-hydroxylation sites is 1. The van der Waals surface area contributed by atoms with Crippen molar-refractivity contribution in [1.29, 1.82) is 0 Å². The Morgan fingerprint density at radius 1 is 1.20 bits per heavy atom. The molecule has 0 radical (unpaired) electrons. The number of hydrogen-bond donors (Lipinski definition) is 1. The lowest BCUT2D eigenvalue weighted by atomic mass is 9.92. The Hall–Kier alpha value is -2.10. The number of anilines is 1. The molecule has 4 heteroatoms. The molecule has 1 N–H and O–H groups in total. The molecule has 1 amide bonds. The van der Waals surface area contributed by atoms with Gasteiger partial charge < -0.3 is 10.0 Å². The molecule has 0 saturated heterocycles. The van der Waals surface area contributed by atoms with Crippen LogP contribution in [-0.4, -0.2) is 24.0 Å². The van der Waals surface area contributed by atoms with Crippen LogP contribution in [0.1, 0.15) is 23.2 Å². The number of carbonyl (C=O) groups is 2. The zero-order valence-corrected chi connectivity index (χ0v) is 11.3. The highest BCUT2D eigenvalue weighted by Gasteiger charge is 2.41. The number of allylic oxidation sites excluding steroid dienone is 2. The molecule has 2 aliphatic carbocycles. The van der Waals surface area contributed by atoms with Crippen LogP contribution < -0.4 is 4.90 Å². The number of hydrogen-bond acceptors (Lipinski definition) is 2. The molecule has 20 heavy (non-hydrogen) atoms. The summed E-state index contributed by atoms with van der Waals surface area (Å²) in [6.07, 6.45) is 6.28. The van der Waals surface area contributed by atoms with Crippen molar-refractivity contribution < 1.29 is 14.7 Å². The number of nitrogens with zero attached hydrogens (tertiary/aromatic N) is 1. The number of carboxylic acid groups (broad SMARTS) is 1. The quantitative estimate of drug-likeness (QED) is 0.859. The molecule has 3 unspecified atom stereocenters. The van der Waals surface area contributed by atoms with E-state index in [2.05, 4.69) is 12.2 Å². The Balaban J connectivity index is 1.86. The zero-order chi connectivity index (χ0) is 14.3. The molecule has 0 aliphatic heterocycles. The van der Waals surface area contributed by atoms with E-state index in [0.29, 0.717) is 17.5 Å². The van der Waals surface area contributed by atoms with Crippen LogP contribution >= 0.6 is 0 Å². The highest BCUT2D eigenvalue weighted by atomic mass is 16.4. The van der Waals surface area contributed by atoms with E-state index in [0.717, 1.165) is 12.8 Å². The third-order valence-electron chi connectivity index (χ3n) is 4.42. The minimum absolute atomic E-state index is 0.00292. The van der Waals surface area contributed by atoms with Crippen LogP contribution in [0.2, 0.25) is 0 Å². The van der Waals surface area contributed by atoms with Gasteiger partial charge in [0.25, 0.3) is 0 Å². The molecule has 2 bridgehead atoms. The second kappa shape index (κ2) is 4.78. The molecule has 1 fully saturated rings. The number of carbonyl (C=O) groups excluding carboxylic acids is 1. The summed E-state index contributed by atoms with van der Waals surface area (Å²) in [5, 5.41) is 9.22. The fraction of sp³-hybridized carbons (Fsp3) is 0.375. The summed E-state index contributed by atoms with van der Waals surface area (Å²) in [4.78, 5) is 25.4. The molecule has 0 spiro atoms. The monoisotopic (exact) mass is 271 g/mol. The van der Waals surface area contributed by atoms with E-state index >= 15 is 0 Å². The Labute approximate surface area is 117 Å². The van der Waals surface area contributed by atoms with Crippen molar-refractivity contribution in [3.63, 3.8) is 0 Å². The first-order valence-electron chi connectivity index (χ1n) is 6.86. The van der Waals surface area contributed by atoms with Gasteiger partial charge in [0.05, 0.1) is 11.3 Å². The minimum Gasteiger partial charge on any atom is -0.478 e. The van der Waals surface area contributed by atoms with Crippen LogP contribution in [-0.2, 0) is 4.79 Å². The lowest BCUT2D eigenvalue weighted by molar-refractivity contribution is -0.122. The van der Waals surface area contributed by atoms with Gasteiger partial charge in [0, 0.05) is 13.0 Å². The van der Waals surface area contributed by atoms with E-state index in [1.807, 2.05) is 0 Å². The topological polar surface area (TPSA) is 57.6 Å². The predicted octanol–water partition coefficient (Wildman–Crippen LogP) is 2.56. The second-order valence-corrected chi connectivity index (χ2v) is 5.61. The van der Waals surface area contributed by atoms with Crippen molar-refractivity contribution in [2.24, 2.45) is 17.8 Å². The van der Waals surface area contributed by atoms with Crippen molar-refractivity contribution in [3.8, 4) is 0 Å². The van der Waals surface area contributed by atoms with E-state index in [1.165, 1.54) is 11.0 Å². The van der Waals surface area contributed by atoms with Crippen molar-refractivity contribution in [2.45, 2.75) is 12.8 Å². The molecule has 2 aliphatic rings. The highest BCUT2D eigenvalue weighted by Crippen LogP contribution is 2.44. The maximum Gasteiger partial charge on any atom is 0.337 e. The van der Waals surface area contributed by atoms with Gasteiger partial charge >= 0.3 is 5.97 Å². The normalized spacial score (nSPS) is 26.8. The minimum atomic E-state index is -1.01. The molecule has 1 aromatic carbocycles. The molecule has 3 rings (SSSR count). The lowest BCUT2D eigenvalue weighted by Crippen LogP contribution is -2.35. The van der Waals surface area contributed by atoms with E-state index < -0.39 is 5.97 Å². The number of fused-ring (bicyclic) bond motifs is 2. The van der Waals surface area contributed by atoms with Gasteiger partial charge in [-0.3, -0.25) is 4.79 Å². The molecular formula is C16H17NO3. The van der Waals surface area contributed by atoms with Crippen LogP contribution in [0, 0.1) is 17.8 Å². The largest absolute Gasteiger partial charge is 0.478 e. The lowest BCUT2D eigenvalue weighted by Gasteiger charge is -2.25. The SMILES string of the molecule is CN(C(=O)C1CC2C=CC1C2)c1ccccc1C(=O)O. The van der Waals surface area contributed by atoms with Crippen LogP contribution in [0.25, 0.3) is 0 Å². The van der Waals surface area contributed by atoms with Crippen LogP contribution in [0.4, 0.5) is 5.69 Å². The number of benzene rings is 1. The van der Waals surface area contributed by atoms with Gasteiger partial charge in [-0.1, -0.05) is 24.3 Å². The maximum absolute atomic E-state index is 12.6. The summed E-state index contributed by atoms with van der Waals surface area (Å²) >= 11 is 0. The van der Waals surface area contributed by atoms with Gasteiger partial charge in [-0.05, 0) is 36.8 Å². The first-order valence-corrected chi connectivity index (χ1v) is 6.86. The van der Waals surface area contributed by atoms with E-state index in [4.69, 9.17) is 0 Å². The standard InChI is InChI=1S/C16H17NO3/c1-17(14-5-3-2-4-12(14)16(19)20)15(18)13-9-10-6-7-11(13)8-10/h2-7,10-11,13H,8-9H2,1H3,(H,19,20). The summed E-state index contributed by atoms with van der Waals surface area (Å²) in [5.74, 6) is -0.135. The maximum atomic E-state index is 12.6. The summed E-state index contributed by atoms with van der Waals surface area (Å²) in [7, 11) is 1.67. The second-order valence-electron chi connectivity index (χ2n) is 5.61. The van der Waals surface area contributed by atoms with Crippen LogP contribution in [0.5, 0.6) is 0 Å². The predicted molar refractivity (Wildman–Crippen MR) is 75.7 cm³/mol. The molecule has 4 nitrogen and oxygen atoms in total. The molecule has 0 heterocycles. The number of amides is 1. The van der Waals surface area contributed by atoms with Crippen LogP contribution in [0.15, 0.2) is 36.4 Å². The first-order chi connectivity index (χ1) is 9.58. The molecule has 1 aromatic rings. The fourth-order valence-electron chi connectivity index (χ4n) is 3.38. The average Bonchev–Trinajstić information content (AvgIpc) is 3.08. The molecular weight excluding hydrogens is 254 g/mol. The van der Waals surface area contributed by atoms with Crippen LogP contribution in [0.3, 0.4) is 0 Å². The zero-order valence-electron chi connectivity index (χ0n) is 11.3. The Morgan fingerprint density at radius 3 is 2.55 bits per heavy atom. The summed E-state index contributed by atoms with van der Waals surface area (Å²) in [5.41, 5.74) is 0.638. The van der Waals surface area contributed by atoms with E-state index in [-0.39, 0.29) is 17.4 Å². The van der Waals surface area contributed by atoms with Crippen molar-refractivity contribution in [1.82, 2.24) is 0 Å².